The second kappa shape index (κ2) is 9.64. The fourth-order valence-electron chi connectivity index (χ4n) is 2.94. The minimum Gasteiger partial charge on any atom is -0.494 e. The molecule has 0 N–H and O–H groups in total. The lowest BCUT2D eigenvalue weighted by molar-refractivity contribution is 0.340. The Labute approximate surface area is 163 Å². The smallest absolute Gasteiger partial charge is 0.119 e. The SMILES string of the molecule is CCCCc1ccc(-c2ccc(C#Cc3ccc(OCC)cc3)cc2)cc1. The van der Waals surface area contributed by atoms with Gasteiger partial charge in [0.25, 0.3) is 0 Å². The Morgan fingerprint density at radius 3 is 1.70 bits per heavy atom. The summed E-state index contributed by atoms with van der Waals surface area (Å²) < 4.78 is 5.46. The second-order valence-electron chi connectivity index (χ2n) is 6.59. The van der Waals surface area contributed by atoms with Gasteiger partial charge in [0.05, 0.1) is 6.61 Å². The maximum absolute atomic E-state index is 5.46. The summed E-state index contributed by atoms with van der Waals surface area (Å²) in [6, 6.07) is 25.3. The molecule has 27 heavy (non-hydrogen) atoms. The normalized spacial score (nSPS) is 10.1. The van der Waals surface area contributed by atoms with Crippen LogP contribution in [0.3, 0.4) is 0 Å². The largest absolute Gasteiger partial charge is 0.494 e. The van der Waals surface area contributed by atoms with Gasteiger partial charge in [-0.1, -0.05) is 61.6 Å². The van der Waals surface area contributed by atoms with Crippen molar-refractivity contribution in [2.75, 3.05) is 6.61 Å². The van der Waals surface area contributed by atoms with E-state index in [1.165, 1.54) is 29.5 Å². The molecule has 136 valence electrons. The standard InChI is InChI=1S/C26H26O/c1-3-5-6-21-9-15-24(16-10-21)25-17-11-22(12-18-25)7-8-23-13-19-26(20-14-23)27-4-2/h9-20H,3-6H2,1-2H3. The van der Waals surface area contributed by atoms with Gasteiger partial charge in [-0.05, 0) is 72.9 Å². The molecule has 3 aromatic rings. The minimum absolute atomic E-state index is 0.679. The number of hydrogen-bond donors (Lipinski definition) is 0. The van der Waals surface area contributed by atoms with Crippen LogP contribution in [0.4, 0.5) is 0 Å². The average Bonchev–Trinajstić information content (AvgIpc) is 2.73. The van der Waals surface area contributed by atoms with E-state index in [1.807, 2.05) is 31.2 Å². The highest BCUT2D eigenvalue weighted by Gasteiger charge is 1.99. The summed E-state index contributed by atoms with van der Waals surface area (Å²) in [5.41, 5.74) is 5.90. The molecule has 0 fully saturated rings. The van der Waals surface area contributed by atoms with Crippen LogP contribution < -0.4 is 4.74 Å². The molecule has 0 atom stereocenters. The lowest BCUT2D eigenvalue weighted by Crippen LogP contribution is -1.90. The molecule has 3 aromatic carbocycles. The maximum atomic E-state index is 5.46. The van der Waals surface area contributed by atoms with Crippen molar-refractivity contribution in [1.82, 2.24) is 0 Å². The first-order valence-electron chi connectivity index (χ1n) is 9.72. The summed E-state index contributed by atoms with van der Waals surface area (Å²) in [6.07, 6.45) is 3.65. The van der Waals surface area contributed by atoms with Crippen LogP contribution >= 0.6 is 0 Å². The Bertz CT molecular complexity index is 892. The molecule has 0 saturated heterocycles. The Morgan fingerprint density at radius 1 is 0.667 bits per heavy atom. The van der Waals surface area contributed by atoms with Crippen molar-refractivity contribution in [3.63, 3.8) is 0 Å². The van der Waals surface area contributed by atoms with E-state index < -0.39 is 0 Å². The molecule has 0 saturated carbocycles. The zero-order chi connectivity index (χ0) is 18.9. The van der Waals surface area contributed by atoms with Gasteiger partial charge >= 0.3 is 0 Å². The molecule has 3 rings (SSSR count). The molecule has 0 aliphatic heterocycles. The van der Waals surface area contributed by atoms with Crippen molar-refractivity contribution in [2.45, 2.75) is 33.1 Å². The summed E-state index contributed by atoms with van der Waals surface area (Å²) in [5, 5.41) is 0. The van der Waals surface area contributed by atoms with Gasteiger partial charge in [0, 0.05) is 11.1 Å². The van der Waals surface area contributed by atoms with Crippen LogP contribution in [-0.4, -0.2) is 6.61 Å². The van der Waals surface area contributed by atoms with Crippen LogP contribution in [0.5, 0.6) is 5.75 Å². The molecular weight excluding hydrogens is 328 g/mol. The van der Waals surface area contributed by atoms with Crippen LogP contribution in [0.15, 0.2) is 72.8 Å². The highest BCUT2D eigenvalue weighted by molar-refractivity contribution is 5.64. The van der Waals surface area contributed by atoms with Crippen molar-refractivity contribution >= 4 is 0 Å². The third-order valence-corrected chi connectivity index (χ3v) is 4.51. The maximum Gasteiger partial charge on any atom is 0.119 e. The lowest BCUT2D eigenvalue weighted by Gasteiger charge is -2.04. The van der Waals surface area contributed by atoms with Gasteiger partial charge < -0.3 is 4.74 Å². The highest BCUT2D eigenvalue weighted by Crippen LogP contribution is 2.21. The monoisotopic (exact) mass is 354 g/mol. The van der Waals surface area contributed by atoms with Crippen molar-refractivity contribution in [3.8, 4) is 28.7 Å². The summed E-state index contributed by atoms with van der Waals surface area (Å²) in [7, 11) is 0. The predicted molar refractivity (Wildman–Crippen MR) is 114 cm³/mol. The second-order valence-corrected chi connectivity index (χ2v) is 6.59. The molecule has 0 bridgehead atoms. The fraction of sp³-hybridized carbons (Fsp3) is 0.231. The van der Waals surface area contributed by atoms with Crippen molar-refractivity contribution in [1.29, 1.82) is 0 Å². The molecular formula is C26H26O. The molecule has 0 aromatic heterocycles. The van der Waals surface area contributed by atoms with E-state index in [9.17, 15) is 0 Å². The van der Waals surface area contributed by atoms with Gasteiger partial charge in [-0.3, -0.25) is 0 Å². The molecule has 0 spiro atoms. The average molecular weight is 354 g/mol. The van der Waals surface area contributed by atoms with Gasteiger partial charge in [0.15, 0.2) is 0 Å². The van der Waals surface area contributed by atoms with Crippen LogP contribution in [0, 0.1) is 11.8 Å². The molecule has 0 amide bonds. The number of benzene rings is 3. The molecule has 1 nitrogen and oxygen atoms in total. The van der Waals surface area contributed by atoms with E-state index in [0.29, 0.717) is 6.61 Å². The Morgan fingerprint density at radius 2 is 1.19 bits per heavy atom. The van der Waals surface area contributed by atoms with E-state index in [0.717, 1.165) is 23.3 Å². The Kier molecular flexibility index (Phi) is 6.72. The molecule has 0 heterocycles. The first-order chi connectivity index (χ1) is 13.3. The van der Waals surface area contributed by atoms with E-state index in [1.54, 1.807) is 0 Å². The minimum atomic E-state index is 0.679. The van der Waals surface area contributed by atoms with Crippen LogP contribution in [-0.2, 0) is 6.42 Å². The van der Waals surface area contributed by atoms with E-state index in [2.05, 4.69) is 67.3 Å². The van der Waals surface area contributed by atoms with Crippen LogP contribution in [0.25, 0.3) is 11.1 Å². The molecule has 0 radical (unpaired) electrons. The van der Waals surface area contributed by atoms with Gasteiger partial charge in [-0.2, -0.15) is 0 Å². The molecule has 0 aliphatic carbocycles. The third-order valence-electron chi connectivity index (χ3n) is 4.51. The zero-order valence-corrected chi connectivity index (χ0v) is 16.2. The fourth-order valence-corrected chi connectivity index (χ4v) is 2.94. The summed E-state index contributed by atoms with van der Waals surface area (Å²) >= 11 is 0. The first-order valence-corrected chi connectivity index (χ1v) is 9.72. The topological polar surface area (TPSA) is 9.23 Å². The van der Waals surface area contributed by atoms with E-state index in [-0.39, 0.29) is 0 Å². The van der Waals surface area contributed by atoms with Gasteiger partial charge in [0.1, 0.15) is 5.75 Å². The quantitative estimate of drug-likeness (QED) is 0.459. The molecule has 1 heteroatoms. The molecule has 0 aliphatic rings. The predicted octanol–water partition coefficient (Wildman–Crippen LogP) is 6.49. The summed E-state index contributed by atoms with van der Waals surface area (Å²) in [5.74, 6) is 7.33. The number of hydrogen-bond acceptors (Lipinski definition) is 1. The third kappa shape index (κ3) is 5.50. The zero-order valence-electron chi connectivity index (χ0n) is 16.2. The van der Waals surface area contributed by atoms with Gasteiger partial charge in [0.2, 0.25) is 0 Å². The van der Waals surface area contributed by atoms with Crippen molar-refractivity contribution in [3.05, 3.63) is 89.5 Å². The van der Waals surface area contributed by atoms with Crippen LogP contribution in [0.2, 0.25) is 0 Å². The summed E-state index contributed by atoms with van der Waals surface area (Å²) in [6.45, 7) is 4.89. The van der Waals surface area contributed by atoms with Crippen molar-refractivity contribution < 1.29 is 4.74 Å². The van der Waals surface area contributed by atoms with Gasteiger partial charge in [-0.25, -0.2) is 0 Å². The number of unbranched alkanes of at least 4 members (excludes halogenated alkanes) is 1. The number of aryl methyl sites for hydroxylation is 1. The first kappa shape index (κ1) is 18.8. The molecule has 0 unspecified atom stereocenters. The van der Waals surface area contributed by atoms with Crippen molar-refractivity contribution in [2.24, 2.45) is 0 Å². The summed E-state index contributed by atoms with van der Waals surface area (Å²) in [4.78, 5) is 0. The Balaban J connectivity index is 1.67. The highest BCUT2D eigenvalue weighted by atomic mass is 16.5. The number of ether oxygens (including phenoxy) is 1. The Hall–Kier alpha value is -2.98. The van der Waals surface area contributed by atoms with Crippen LogP contribution in [0.1, 0.15) is 43.4 Å². The van der Waals surface area contributed by atoms with E-state index in [4.69, 9.17) is 4.74 Å². The van der Waals surface area contributed by atoms with E-state index >= 15 is 0 Å². The van der Waals surface area contributed by atoms with Gasteiger partial charge in [-0.15, -0.1) is 0 Å². The lowest BCUT2D eigenvalue weighted by atomic mass is 10.0. The number of rotatable bonds is 6.